The van der Waals surface area contributed by atoms with Crippen LogP contribution in [0.2, 0.25) is 0 Å². The van der Waals surface area contributed by atoms with Gasteiger partial charge in [-0.1, -0.05) is 17.7 Å². The molecule has 158 valence electrons. The van der Waals surface area contributed by atoms with Crippen LogP contribution < -0.4 is 4.74 Å². The maximum absolute atomic E-state index is 13.8. The summed E-state index contributed by atoms with van der Waals surface area (Å²) in [5.74, 6) is 1.84. The molecule has 2 aromatic heterocycles. The van der Waals surface area contributed by atoms with Gasteiger partial charge < -0.3 is 9.64 Å². The van der Waals surface area contributed by atoms with Gasteiger partial charge in [0.05, 0.1) is 12.2 Å². The lowest BCUT2D eigenvalue weighted by Gasteiger charge is -2.40. The van der Waals surface area contributed by atoms with Crippen molar-refractivity contribution in [1.29, 1.82) is 0 Å². The van der Waals surface area contributed by atoms with Crippen LogP contribution in [0.1, 0.15) is 41.6 Å². The van der Waals surface area contributed by atoms with Crippen molar-refractivity contribution in [2.45, 2.75) is 44.7 Å². The summed E-state index contributed by atoms with van der Waals surface area (Å²) >= 11 is 0. The Morgan fingerprint density at radius 1 is 1.03 bits per heavy atom. The molecule has 2 bridgehead atoms. The third-order valence-electron chi connectivity index (χ3n) is 6.52. The van der Waals surface area contributed by atoms with Gasteiger partial charge in [-0.25, -0.2) is 9.97 Å². The molecule has 0 aliphatic carbocycles. The Bertz CT molecular complexity index is 1060. The molecule has 4 heterocycles. The van der Waals surface area contributed by atoms with E-state index in [9.17, 15) is 4.79 Å². The number of carbonyl (C=O) groups is 1. The van der Waals surface area contributed by atoms with Crippen LogP contribution in [-0.2, 0) is 0 Å². The van der Waals surface area contributed by atoms with E-state index in [1.165, 1.54) is 0 Å². The molecule has 2 fully saturated rings. The van der Waals surface area contributed by atoms with E-state index in [2.05, 4.69) is 19.9 Å². The molecule has 2 aliphatic heterocycles. The fourth-order valence-corrected chi connectivity index (χ4v) is 5.01. The van der Waals surface area contributed by atoms with Crippen molar-refractivity contribution < 1.29 is 9.53 Å². The monoisotopic (exact) mass is 414 g/mol. The lowest BCUT2D eigenvalue weighted by Crippen LogP contribution is -2.49. The minimum absolute atomic E-state index is 0.0901. The van der Waals surface area contributed by atoms with Gasteiger partial charge in [0.1, 0.15) is 5.75 Å². The molecule has 31 heavy (non-hydrogen) atoms. The summed E-state index contributed by atoms with van der Waals surface area (Å²) in [7, 11) is 0. The van der Waals surface area contributed by atoms with E-state index < -0.39 is 0 Å². The highest BCUT2D eigenvalue weighted by Gasteiger charge is 2.45. The van der Waals surface area contributed by atoms with Crippen molar-refractivity contribution in [1.82, 2.24) is 19.9 Å². The fraction of sp³-hybridized carbons (Fsp3) is 0.360. The first-order valence-electron chi connectivity index (χ1n) is 10.9. The van der Waals surface area contributed by atoms with Crippen LogP contribution in [0.3, 0.4) is 0 Å². The molecule has 5 rings (SSSR count). The quantitative estimate of drug-likeness (QED) is 0.622. The van der Waals surface area contributed by atoms with Crippen molar-refractivity contribution in [3.05, 3.63) is 72.3 Å². The highest BCUT2D eigenvalue weighted by atomic mass is 16.5. The van der Waals surface area contributed by atoms with Gasteiger partial charge in [0.2, 0.25) is 0 Å². The standard InChI is InChI=1S/C25H26N4O2/c1-17-3-7-21(24-27-11-2-12-28-24)22(15-17)25(30)29-19-5-4-18(23(29)8-6-19)16-31-20-9-13-26-14-10-20/h2-3,7,9-15,18-19,23H,4-6,8,16H2,1H3/t18-,19-,23?/m1/s1. The molecule has 1 amide bonds. The van der Waals surface area contributed by atoms with E-state index in [1.807, 2.05) is 37.3 Å². The number of pyridine rings is 1. The van der Waals surface area contributed by atoms with Crippen LogP contribution in [0.5, 0.6) is 5.75 Å². The SMILES string of the molecule is Cc1ccc(-c2ncccn2)c(C(=O)N2C3CC[C@H]2CC[C@@H]3COc2ccncc2)c1. The Balaban J connectivity index is 1.41. The number of nitrogens with zero attached hydrogens (tertiary/aromatic N) is 4. The first kappa shape index (κ1) is 19.7. The number of aromatic nitrogens is 3. The maximum Gasteiger partial charge on any atom is 0.255 e. The van der Waals surface area contributed by atoms with E-state index in [4.69, 9.17) is 4.74 Å². The van der Waals surface area contributed by atoms with Gasteiger partial charge in [-0.05, 0) is 56.9 Å². The number of benzene rings is 1. The zero-order chi connectivity index (χ0) is 21.2. The predicted octanol–water partition coefficient (Wildman–Crippen LogP) is 4.31. The molecule has 2 saturated heterocycles. The van der Waals surface area contributed by atoms with Crippen LogP contribution >= 0.6 is 0 Å². The average molecular weight is 415 g/mol. The van der Waals surface area contributed by atoms with E-state index in [-0.39, 0.29) is 11.9 Å². The highest BCUT2D eigenvalue weighted by Crippen LogP contribution is 2.41. The van der Waals surface area contributed by atoms with Crippen LogP contribution in [0.4, 0.5) is 0 Å². The highest BCUT2D eigenvalue weighted by molar-refractivity contribution is 6.01. The van der Waals surface area contributed by atoms with Gasteiger partial charge in [-0.2, -0.15) is 0 Å². The number of fused-ring (bicyclic) bond motifs is 2. The third-order valence-corrected chi connectivity index (χ3v) is 6.52. The summed E-state index contributed by atoms with van der Waals surface area (Å²) in [6.07, 6.45) is 11.1. The van der Waals surface area contributed by atoms with Gasteiger partial charge in [-0.3, -0.25) is 9.78 Å². The van der Waals surface area contributed by atoms with Crippen molar-refractivity contribution in [3.63, 3.8) is 0 Å². The Kier molecular flexibility index (Phi) is 5.37. The Morgan fingerprint density at radius 2 is 1.81 bits per heavy atom. The molecule has 0 saturated carbocycles. The van der Waals surface area contributed by atoms with Gasteiger partial charge in [0.25, 0.3) is 5.91 Å². The number of carbonyl (C=O) groups excluding carboxylic acids is 1. The molecule has 3 atom stereocenters. The molecule has 6 heteroatoms. The van der Waals surface area contributed by atoms with Crippen molar-refractivity contribution in [3.8, 4) is 17.1 Å². The number of hydrogen-bond acceptors (Lipinski definition) is 5. The predicted molar refractivity (Wildman–Crippen MR) is 118 cm³/mol. The Morgan fingerprint density at radius 3 is 2.61 bits per heavy atom. The molecular weight excluding hydrogens is 388 g/mol. The number of piperidine rings is 1. The number of hydrogen-bond donors (Lipinski definition) is 0. The van der Waals surface area contributed by atoms with Crippen molar-refractivity contribution in [2.75, 3.05) is 6.61 Å². The average Bonchev–Trinajstić information content (AvgIpc) is 3.13. The first-order chi connectivity index (χ1) is 15.2. The van der Waals surface area contributed by atoms with E-state index in [0.717, 1.165) is 42.6 Å². The number of aryl methyl sites for hydroxylation is 1. The van der Waals surface area contributed by atoms with Crippen LogP contribution in [0, 0.1) is 12.8 Å². The molecule has 6 nitrogen and oxygen atoms in total. The van der Waals surface area contributed by atoms with Gasteiger partial charge in [-0.15, -0.1) is 0 Å². The van der Waals surface area contributed by atoms with Gasteiger partial charge in [0, 0.05) is 48.4 Å². The molecule has 0 radical (unpaired) electrons. The van der Waals surface area contributed by atoms with Gasteiger partial charge in [0.15, 0.2) is 5.82 Å². The van der Waals surface area contributed by atoms with Crippen LogP contribution in [0.25, 0.3) is 11.4 Å². The Hall–Kier alpha value is -3.28. The summed E-state index contributed by atoms with van der Waals surface area (Å²) < 4.78 is 6.04. The Labute approximate surface area is 182 Å². The minimum atomic E-state index is 0.0901. The topological polar surface area (TPSA) is 68.2 Å². The smallest absolute Gasteiger partial charge is 0.255 e. The summed E-state index contributed by atoms with van der Waals surface area (Å²) in [4.78, 5) is 28.8. The third kappa shape index (κ3) is 3.90. The van der Waals surface area contributed by atoms with Crippen LogP contribution in [-0.4, -0.2) is 44.4 Å². The zero-order valence-electron chi connectivity index (χ0n) is 17.6. The molecule has 3 aromatic rings. The zero-order valence-corrected chi connectivity index (χ0v) is 17.6. The van der Waals surface area contributed by atoms with E-state index in [0.29, 0.717) is 30.0 Å². The minimum Gasteiger partial charge on any atom is -0.493 e. The summed E-state index contributed by atoms with van der Waals surface area (Å²) in [5, 5.41) is 0. The number of rotatable bonds is 5. The molecule has 1 unspecified atom stereocenters. The van der Waals surface area contributed by atoms with Crippen molar-refractivity contribution >= 4 is 5.91 Å². The van der Waals surface area contributed by atoms with Gasteiger partial charge >= 0.3 is 0 Å². The lowest BCUT2D eigenvalue weighted by atomic mass is 9.89. The molecule has 2 aliphatic rings. The number of amides is 1. The fourth-order valence-electron chi connectivity index (χ4n) is 5.01. The second kappa shape index (κ2) is 8.46. The van der Waals surface area contributed by atoms with Crippen LogP contribution in [0.15, 0.2) is 61.2 Å². The summed E-state index contributed by atoms with van der Waals surface area (Å²) in [5.41, 5.74) is 2.55. The van der Waals surface area contributed by atoms with Crippen molar-refractivity contribution in [2.24, 2.45) is 5.92 Å². The van der Waals surface area contributed by atoms with E-state index in [1.54, 1.807) is 30.9 Å². The largest absolute Gasteiger partial charge is 0.493 e. The second-order valence-electron chi connectivity index (χ2n) is 8.46. The second-order valence-corrected chi connectivity index (χ2v) is 8.46. The lowest BCUT2D eigenvalue weighted by molar-refractivity contribution is 0.0407. The molecule has 0 spiro atoms. The molecule has 0 N–H and O–H groups in total. The summed E-state index contributed by atoms with van der Waals surface area (Å²) in [6.45, 7) is 2.64. The normalized spacial score (nSPS) is 22.4. The number of ether oxygens (including phenoxy) is 1. The summed E-state index contributed by atoms with van der Waals surface area (Å²) in [6, 6.07) is 12.0. The maximum atomic E-state index is 13.8. The van der Waals surface area contributed by atoms with E-state index >= 15 is 0 Å². The molecular formula is C25H26N4O2. The first-order valence-corrected chi connectivity index (χ1v) is 10.9. The molecule has 1 aromatic carbocycles.